The molecule has 112 valence electrons. The second-order valence-corrected chi connectivity index (χ2v) is 5.72. The molecule has 1 aromatic carbocycles. The molecule has 1 unspecified atom stereocenters. The summed E-state index contributed by atoms with van der Waals surface area (Å²) >= 11 is 0. The van der Waals surface area contributed by atoms with Gasteiger partial charge in [0.2, 0.25) is 11.8 Å². The second kappa shape index (κ2) is 6.57. The van der Waals surface area contributed by atoms with E-state index in [-0.39, 0.29) is 17.7 Å². The van der Waals surface area contributed by atoms with Gasteiger partial charge in [0.25, 0.3) is 0 Å². The Hall–Kier alpha value is -2.10. The first-order chi connectivity index (χ1) is 9.97. The van der Waals surface area contributed by atoms with Crippen LogP contribution in [0.1, 0.15) is 29.5 Å². The minimum absolute atomic E-state index is 0.0547. The molecule has 21 heavy (non-hydrogen) atoms. The molecule has 2 N–H and O–H groups in total. The van der Waals surface area contributed by atoms with Gasteiger partial charge in [0, 0.05) is 19.2 Å². The van der Waals surface area contributed by atoms with E-state index in [1.54, 1.807) is 11.0 Å². The van der Waals surface area contributed by atoms with E-state index in [2.05, 4.69) is 6.07 Å². The van der Waals surface area contributed by atoms with Crippen LogP contribution in [0, 0.1) is 19.8 Å². The largest absolute Gasteiger partial charge is 0.369 e. The molecule has 2 amide bonds. The SMILES string of the molecule is Cc1ccc(/C=C/C(=O)N2CCCC(C(N)=O)C2)c(C)c1. The Balaban J connectivity index is 2.03. The molecule has 1 aliphatic heterocycles. The molecule has 2 rings (SSSR count). The minimum Gasteiger partial charge on any atom is -0.369 e. The maximum absolute atomic E-state index is 12.2. The quantitative estimate of drug-likeness (QED) is 0.864. The molecule has 1 saturated heterocycles. The van der Waals surface area contributed by atoms with Crippen LogP contribution in [0.3, 0.4) is 0 Å². The van der Waals surface area contributed by atoms with Crippen molar-refractivity contribution in [1.82, 2.24) is 4.90 Å². The third kappa shape index (κ3) is 3.94. The number of piperidine rings is 1. The Morgan fingerprint density at radius 2 is 2.10 bits per heavy atom. The van der Waals surface area contributed by atoms with Gasteiger partial charge >= 0.3 is 0 Å². The predicted molar refractivity (Wildman–Crippen MR) is 83.4 cm³/mol. The van der Waals surface area contributed by atoms with Crippen molar-refractivity contribution < 1.29 is 9.59 Å². The number of rotatable bonds is 3. The van der Waals surface area contributed by atoms with Gasteiger partial charge in [-0.25, -0.2) is 0 Å². The van der Waals surface area contributed by atoms with Gasteiger partial charge in [-0.2, -0.15) is 0 Å². The molecule has 1 aliphatic rings. The van der Waals surface area contributed by atoms with Crippen molar-refractivity contribution in [1.29, 1.82) is 0 Å². The molecule has 4 heteroatoms. The van der Waals surface area contributed by atoms with Gasteiger partial charge in [0.15, 0.2) is 0 Å². The Labute approximate surface area is 125 Å². The van der Waals surface area contributed by atoms with Gasteiger partial charge in [0.1, 0.15) is 0 Å². The number of carbonyl (C=O) groups is 2. The van der Waals surface area contributed by atoms with Crippen molar-refractivity contribution in [3.05, 3.63) is 41.0 Å². The van der Waals surface area contributed by atoms with Gasteiger partial charge in [-0.05, 0) is 43.9 Å². The molecule has 4 nitrogen and oxygen atoms in total. The van der Waals surface area contributed by atoms with Crippen LogP contribution >= 0.6 is 0 Å². The summed E-state index contributed by atoms with van der Waals surface area (Å²) in [4.78, 5) is 25.2. The number of hydrogen-bond donors (Lipinski definition) is 1. The van der Waals surface area contributed by atoms with Gasteiger partial charge in [-0.1, -0.05) is 23.8 Å². The molecular formula is C17H22N2O2. The normalized spacial score (nSPS) is 19.0. The van der Waals surface area contributed by atoms with Crippen LogP contribution in [-0.4, -0.2) is 29.8 Å². The van der Waals surface area contributed by atoms with Crippen LogP contribution in [0.25, 0.3) is 6.08 Å². The molecule has 0 bridgehead atoms. The monoisotopic (exact) mass is 286 g/mol. The first-order valence-corrected chi connectivity index (χ1v) is 7.31. The number of benzene rings is 1. The van der Waals surface area contributed by atoms with E-state index in [1.807, 2.05) is 32.1 Å². The fourth-order valence-corrected chi connectivity index (χ4v) is 2.69. The molecule has 0 saturated carbocycles. The highest BCUT2D eigenvalue weighted by molar-refractivity contribution is 5.92. The topological polar surface area (TPSA) is 63.4 Å². The van der Waals surface area contributed by atoms with Crippen LogP contribution in [0.5, 0.6) is 0 Å². The van der Waals surface area contributed by atoms with Gasteiger partial charge < -0.3 is 10.6 Å². The number of hydrogen-bond acceptors (Lipinski definition) is 2. The summed E-state index contributed by atoms with van der Waals surface area (Å²) in [5.74, 6) is -0.580. The fourth-order valence-electron chi connectivity index (χ4n) is 2.69. The lowest BCUT2D eigenvalue weighted by atomic mass is 9.97. The van der Waals surface area contributed by atoms with Gasteiger partial charge in [0.05, 0.1) is 5.92 Å². The van der Waals surface area contributed by atoms with E-state index >= 15 is 0 Å². The number of aryl methyl sites for hydroxylation is 2. The Kier molecular flexibility index (Phi) is 4.78. The number of carbonyl (C=O) groups excluding carboxylic acids is 2. The molecule has 0 aromatic heterocycles. The average Bonchev–Trinajstić information content (AvgIpc) is 2.46. The first-order valence-electron chi connectivity index (χ1n) is 7.31. The predicted octanol–water partition coefficient (Wildman–Crippen LogP) is 2.04. The Morgan fingerprint density at radius 1 is 1.33 bits per heavy atom. The number of likely N-dealkylation sites (tertiary alicyclic amines) is 1. The highest BCUT2D eigenvalue weighted by Crippen LogP contribution is 2.17. The fraction of sp³-hybridized carbons (Fsp3) is 0.412. The minimum atomic E-state index is -0.314. The zero-order chi connectivity index (χ0) is 15.4. The number of nitrogens with zero attached hydrogens (tertiary/aromatic N) is 1. The van der Waals surface area contributed by atoms with Crippen LogP contribution in [0.15, 0.2) is 24.3 Å². The summed E-state index contributed by atoms with van der Waals surface area (Å²) in [6, 6.07) is 6.13. The molecule has 1 heterocycles. The maximum atomic E-state index is 12.2. The van der Waals surface area contributed by atoms with Gasteiger partial charge in [-0.15, -0.1) is 0 Å². The molecule has 0 spiro atoms. The zero-order valence-corrected chi connectivity index (χ0v) is 12.6. The van der Waals surface area contributed by atoms with E-state index < -0.39 is 0 Å². The van der Waals surface area contributed by atoms with Crippen molar-refractivity contribution in [3.63, 3.8) is 0 Å². The number of nitrogens with two attached hydrogens (primary N) is 1. The van der Waals surface area contributed by atoms with Crippen LogP contribution in [-0.2, 0) is 9.59 Å². The van der Waals surface area contributed by atoms with Crippen molar-refractivity contribution >= 4 is 17.9 Å². The second-order valence-electron chi connectivity index (χ2n) is 5.72. The number of amides is 2. The summed E-state index contributed by atoms with van der Waals surface area (Å²) in [5.41, 5.74) is 8.72. The standard InChI is InChI=1S/C17H22N2O2/c1-12-5-6-14(13(2)10-12)7-8-16(20)19-9-3-4-15(11-19)17(18)21/h5-8,10,15H,3-4,9,11H2,1-2H3,(H2,18,21)/b8-7+. The lowest BCUT2D eigenvalue weighted by Crippen LogP contribution is -2.43. The van der Waals surface area contributed by atoms with E-state index in [1.165, 1.54) is 5.56 Å². The molecule has 0 aliphatic carbocycles. The van der Waals surface area contributed by atoms with E-state index in [0.29, 0.717) is 13.1 Å². The Bertz CT molecular complexity index is 578. The van der Waals surface area contributed by atoms with Crippen molar-refractivity contribution in [3.8, 4) is 0 Å². The molecule has 1 aromatic rings. The summed E-state index contributed by atoms with van der Waals surface area (Å²) < 4.78 is 0. The summed E-state index contributed by atoms with van der Waals surface area (Å²) in [5, 5.41) is 0. The first kappa shape index (κ1) is 15.3. The van der Waals surface area contributed by atoms with Crippen molar-refractivity contribution in [2.24, 2.45) is 11.7 Å². The highest BCUT2D eigenvalue weighted by atomic mass is 16.2. The number of primary amides is 1. The zero-order valence-electron chi connectivity index (χ0n) is 12.6. The van der Waals surface area contributed by atoms with Crippen molar-refractivity contribution in [2.75, 3.05) is 13.1 Å². The lowest BCUT2D eigenvalue weighted by Gasteiger charge is -2.30. The molecule has 0 radical (unpaired) electrons. The van der Waals surface area contributed by atoms with Crippen LogP contribution in [0.2, 0.25) is 0 Å². The lowest BCUT2D eigenvalue weighted by molar-refractivity contribution is -0.130. The van der Waals surface area contributed by atoms with Crippen LogP contribution in [0.4, 0.5) is 0 Å². The summed E-state index contributed by atoms with van der Waals surface area (Å²) in [6.07, 6.45) is 5.03. The average molecular weight is 286 g/mol. The molecule has 1 atom stereocenters. The van der Waals surface area contributed by atoms with Crippen molar-refractivity contribution in [2.45, 2.75) is 26.7 Å². The third-order valence-electron chi connectivity index (χ3n) is 3.97. The van der Waals surface area contributed by atoms with Gasteiger partial charge in [-0.3, -0.25) is 9.59 Å². The molecular weight excluding hydrogens is 264 g/mol. The highest BCUT2D eigenvalue weighted by Gasteiger charge is 2.25. The maximum Gasteiger partial charge on any atom is 0.246 e. The van der Waals surface area contributed by atoms with Crippen LogP contribution < -0.4 is 5.73 Å². The van der Waals surface area contributed by atoms with E-state index in [4.69, 9.17) is 5.73 Å². The van der Waals surface area contributed by atoms with E-state index in [0.717, 1.165) is 24.0 Å². The van der Waals surface area contributed by atoms with E-state index in [9.17, 15) is 9.59 Å². The third-order valence-corrected chi connectivity index (χ3v) is 3.97. The smallest absolute Gasteiger partial charge is 0.246 e. The summed E-state index contributed by atoms with van der Waals surface area (Å²) in [7, 11) is 0. The summed E-state index contributed by atoms with van der Waals surface area (Å²) in [6.45, 7) is 5.20. The molecule has 1 fully saturated rings. The Morgan fingerprint density at radius 3 is 2.76 bits per heavy atom.